The third-order valence-corrected chi connectivity index (χ3v) is 3.76. The highest BCUT2D eigenvalue weighted by atomic mass is 31.1. The average molecular weight is 292 g/mol. The smallest absolute Gasteiger partial charge is 0.200 e. The Morgan fingerprint density at radius 1 is 1.20 bits per heavy atom. The number of aromatic hydroxyl groups is 1. The summed E-state index contributed by atoms with van der Waals surface area (Å²) in [5, 5.41) is 14.1. The van der Waals surface area contributed by atoms with Gasteiger partial charge in [0.15, 0.2) is 11.5 Å². The van der Waals surface area contributed by atoms with Crippen molar-refractivity contribution in [3.63, 3.8) is 0 Å². The van der Waals surface area contributed by atoms with Crippen LogP contribution in [0.25, 0.3) is 0 Å². The van der Waals surface area contributed by atoms with Crippen molar-refractivity contribution in [3.05, 3.63) is 36.5 Å². The molecule has 20 heavy (non-hydrogen) atoms. The molecule has 0 saturated carbocycles. The Balaban J connectivity index is 2.02. The van der Waals surface area contributed by atoms with Gasteiger partial charge in [-0.15, -0.1) is 0 Å². The van der Waals surface area contributed by atoms with Crippen LogP contribution in [0.3, 0.4) is 0 Å². The Bertz CT molecular complexity index is 539. The summed E-state index contributed by atoms with van der Waals surface area (Å²) in [6.45, 7) is 0. The number of methoxy groups -OCH3 is 2. The number of benzene rings is 1. The summed E-state index contributed by atoms with van der Waals surface area (Å²) < 4.78 is 10.3. The molecule has 2 N–H and O–H groups in total. The maximum absolute atomic E-state index is 9.84. The van der Waals surface area contributed by atoms with Gasteiger partial charge in [-0.2, -0.15) is 0 Å². The van der Waals surface area contributed by atoms with Gasteiger partial charge in [0.2, 0.25) is 5.75 Å². The van der Waals surface area contributed by atoms with Gasteiger partial charge in [0.25, 0.3) is 0 Å². The quantitative estimate of drug-likeness (QED) is 0.799. The Morgan fingerprint density at radius 2 is 1.90 bits per heavy atom. The van der Waals surface area contributed by atoms with E-state index in [0.717, 1.165) is 17.4 Å². The van der Waals surface area contributed by atoms with Gasteiger partial charge in [0, 0.05) is 12.5 Å². The number of rotatable bonds is 6. The molecule has 0 aliphatic rings. The van der Waals surface area contributed by atoms with E-state index in [1.165, 1.54) is 14.2 Å². The molecule has 1 heterocycles. The number of nitrogens with zero attached hydrogens (tertiary/aromatic N) is 1. The third-order valence-electron chi connectivity index (χ3n) is 2.71. The van der Waals surface area contributed by atoms with Gasteiger partial charge >= 0.3 is 0 Å². The van der Waals surface area contributed by atoms with Crippen molar-refractivity contribution in [2.75, 3.05) is 25.8 Å². The largest absolute Gasteiger partial charge is 0.502 e. The minimum absolute atomic E-state index is 0.0289. The van der Waals surface area contributed by atoms with Crippen molar-refractivity contribution in [2.45, 2.75) is 0 Å². The Hall–Kier alpha value is -2.00. The molecule has 1 unspecified atom stereocenters. The van der Waals surface area contributed by atoms with Gasteiger partial charge in [0.05, 0.1) is 14.2 Å². The SMILES string of the molecule is COc1cc(PCNc2ccccn2)cc(OC)c1O. The lowest BCUT2D eigenvalue weighted by molar-refractivity contribution is 0.340. The fraction of sp³-hybridized carbons (Fsp3) is 0.214. The molecular formula is C14H17N2O3P. The Kier molecular flexibility index (Phi) is 5.02. The number of nitrogens with one attached hydrogen (secondary N) is 1. The first-order valence-electron chi connectivity index (χ1n) is 6.08. The van der Waals surface area contributed by atoms with E-state index in [0.29, 0.717) is 20.1 Å². The van der Waals surface area contributed by atoms with Gasteiger partial charge in [-0.25, -0.2) is 4.98 Å². The van der Waals surface area contributed by atoms with Crippen molar-refractivity contribution in [3.8, 4) is 17.2 Å². The first kappa shape index (κ1) is 14.4. The zero-order chi connectivity index (χ0) is 14.4. The maximum atomic E-state index is 9.84. The molecule has 1 aromatic heterocycles. The standard InChI is InChI=1S/C14H17N2O3P/c1-18-11-7-10(8-12(19-2)14(11)17)20-9-16-13-5-3-4-6-15-13/h3-8,17,20H,9H2,1-2H3,(H,15,16). The van der Waals surface area contributed by atoms with E-state index in [9.17, 15) is 5.11 Å². The first-order chi connectivity index (χ1) is 9.74. The number of aromatic nitrogens is 1. The van der Waals surface area contributed by atoms with E-state index in [4.69, 9.17) is 9.47 Å². The van der Waals surface area contributed by atoms with Crippen molar-refractivity contribution in [1.29, 1.82) is 0 Å². The summed E-state index contributed by atoms with van der Waals surface area (Å²) >= 11 is 0. The average Bonchev–Trinajstić information content (AvgIpc) is 2.49. The molecule has 0 spiro atoms. The highest BCUT2D eigenvalue weighted by Gasteiger charge is 2.10. The molecule has 0 aliphatic carbocycles. The highest BCUT2D eigenvalue weighted by molar-refractivity contribution is 7.47. The molecule has 106 valence electrons. The topological polar surface area (TPSA) is 63.6 Å². The van der Waals surface area contributed by atoms with E-state index in [1.54, 1.807) is 6.20 Å². The summed E-state index contributed by atoms with van der Waals surface area (Å²) in [6.07, 6.45) is 2.51. The van der Waals surface area contributed by atoms with Crippen LogP contribution in [0.1, 0.15) is 0 Å². The van der Waals surface area contributed by atoms with Gasteiger partial charge in [-0.3, -0.25) is 0 Å². The zero-order valence-corrected chi connectivity index (χ0v) is 12.4. The number of phenols is 1. The minimum Gasteiger partial charge on any atom is -0.502 e. The zero-order valence-electron chi connectivity index (χ0n) is 11.4. The van der Waals surface area contributed by atoms with Crippen LogP contribution < -0.4 is 20.1 Å². The van der Waals surface area contributed by atoms with Crippen LogP contribution >= 0.6 is 8.58 Å². The predicted octanol–water partition coefficient (Wildman–Crippen LogP) is 2.18. The number of pyridine rings is 1. The van der Waals surface area contributed by atoms with E-state index < -0.39 is 0 Å². The Labute approximate surface area is 119 Å². The lowest BCUT2D eigenvalue weighted by Gasteiger charge is -2.11. The van der Waals surface area contributed by atoms with Crippen LogP contribution in [0.2, 0.25) is 0 Å². The molecule has 5 nitrogen and oxygen atoms in total. The molecule has 0 saturated heterocycles. The molecule has 0 fully saturated rings. The number of hydrogen-bond acceptors (Lipinski definition) is 5. The van der Waals surface area contributed by atoms with Crippen molar-refractivity contribution in [2.24, 2.45) is 0 Å². The Morgan fingerprint density at radius 3 is 2.45 bits per heavy atom. The fourth-order valence-corrected chi connectivity index (χ4v) is 2.64. The molecule has 0 radical (unpaired) electrons. The fourth-order valence-electron chi connectivity index (χ4n) is 1.70. The van der Waals surface area contributed by atoms with Gasteiger partial charge in [-0.05, 0) is 29.6 Å². The molecule has 0 aliphatic heterocycles. The van der Waals surface area contributed by atoms with Crippen molar-refractivity contribution >= 4 is 19.7 Å². The maximum Gasteiger partial charge on any atom is 0.200 e. The monoisotopic (exact) mass is 292 g/mol. The van der Waals surface area contributed by atoms with Crippen LogP contribution in [0.4, 0.5) is 5.82 Å². The highest BCUT2D eigenvalue weighted by Crippen LogP contribution is 2.36. The number of hydrogen-bond donors (Lipinski definition) is 2. The van der Waals surface area contributed by atoms with Gasteiger partial charge < -0.3 is 19.9 Å². The van der Waals surface area contributed by atoms with E-state index in [2.05, 4.69) is 10.3 Å². The third kappa shape index (κ3) is 3.52. The van der Waals surface area contributed by atoms with Crippen molar-refractivity contribution < 1.29 is 14.6 Å². The molecule has 6 heteroatoms. The summed E-state index contributed by atoms with van der Waals surface area (Å²) in [4.78, 5) is 4.20. The van der Waals surface area contributed by atoms with E-state index in [-0.39, 0.29) is 5.75 Å². The van der Waals surface area contributed by atoms with Gasteiger partial charge in [0.1, 0.15) is 5.82 Å². The lowest BCUT2D eigenvalue weighted by atomic mass is 10.3. The molecule has 1 atom stereocenters. The molecular weight excluding hydrogens is 275 g/mol. The number of anilines is 1. The first-order valence-corrected chi connectivity index (χ1v) is 7.29. The van der Waals surface area contributed by atoms with Crippen molar-refractivity contribution in [1.82, 2.24) is 4.98 Å². The molecule has 2 rings (SSSR count). The molecule has 2 aromatic rings. The second-order valence-electron chi connectivity index (χ2n) is 3.97. The summed E-state index contributed by atoms with van der Waals surface area (Å²) in [7, 11) is 3.55. The minimum atomic E-state index is 0.0289. The van der Waals surface area contributed by atoms with Crippen LogP contribution in [0.15, 0.2) is 36.5 Å². The van der Waals surface area contributed by atoms with Crippen LogP contribution in [0, 0.1) is 0 Å². The van der Waals surface area contributed by atoms with Crippen LogP contribution in [-0.4, -0.2) is 30.6 Å². The van der Waals surface area contributed by atoms with E-state index >= 15 is 0 Å². The summed E-state index contributed by atoms with van der Waals surface area (Å²) in [6, 6.07) is 9.36. The normalized spacial score (nSPS) is 10.7. The second-order valence-corrected chi connectivity index (χ2v) is 5.26. The van der Waals surface area contributed by atoms with Crippen LogP contribution in [-0.2, 0) is 0 Å². The summed E-state index contributed by atoms with van der Waals surface area (Å²) in [5.74, 6) is 1.72. The summed E-state index contributed by atoms with van der Waals surface area (Å²) in [5.41, 5.74) is 0. The van der Waals surface area contributed by atoms with Gasteiger partial charge in [-0.1, -0.05) is 14.6 Å². The molecule has 0 bridgehead atoms. The lowest BCUT2D eigenvalue weighted by Crippen LogP contribution is -2.05. The van der Waals surface area contributed by atoms with Crippen LogP contribution in [0.5, 0.6) is 17.2 Å². The number of ether oxygens (including phenoxy) is 2. The van der Waals surface area contributed by atoms with E-state index in [1.807, 2.05) is 30.3 Å². The predicted molar refractivity (Wildman–Crippen MR) is 81.9 cm³/mol. The molecule has 0 amide bonds. The second kappa shape index (κ2) is 6.96. The number of phenolic OH excluding ortho intramolecular Hbond substituents is 1. The molecule has 1 aromatic carbocycles.